The fourth-order valence-electron chi connectivity index (χ4n) is 2.19. The van der Waals surface area contributed by atoms with E-state index < -0.39 is 12.0 Å². The molecular formula is C15H17Cl2N3O2. The minimum atomic E-state index is -1.32. The number of benzene rings is 1. The van der Waals surface area contributed by atoms with Gasteiger partial charge < -0.3 is 10.4 Å². The number of hydrogen-bond acceptors (Lipinski definition) is 3. The summed E-state index contributed by atoms with van der Waals surface area (Å²) in [6.07, 6.45) is 1.30. The fourth-order valence-corrected chi connectivity index (χ4v) is 2.74. The van der Waals surface area contributed by atoms with Crippen LogP contribution in [0.5, 0.6) is 0 Å². The number of aliphatic hydroxyl groups is 1. The Morgan fingerprint density at radius 3 is 2.59 bits per heavy atom. The number of halogens is 2. The number of aromatic nitrogens is 2. The van der Waals surface area contributed by atoms with Gasteiger partial charge in [-0.25, -0.2) is 0 Å². The van der Waals surface area contributed by atoms with E-state index >= 15 is 0 Å². The second kappa shape index (κ2) is 7.13. The highest BCUT2D eigenvalue weighted by Crippen LogP contribution is 2.23. The van der Waals surface area contributed by atoms with Crippen LogP contribution in [0.15, 0.2) is 24.4 Å². The molecule has 2 rings (SSSR count). The van der Waals surface area contributed by atoms with Crippen molar-refractivity contribution < 1.29 is 9.90 Å². The molecule has 1 unspecified atom stereocenters. The Kier molecular flexibility index (Phi) is 5.45. The zero-order chi connectivity index (χ0) is 16.3. The van der Waals surface area contributed by atoms with Crippen molar-refractivity contribution >= 4 is 29.1 Å². The van der Waals surface area contributed by atoms with Gasteiger partial charge in [-0.3, -0.25) is 9.48 Å². The van der Waals surface area contributed by atoms with Crippen LogP contribution in [-0.2, 0) is 24.8 Å². The fraction of sp³-hybridized carbons (Fsp3) is 0.333. The zero-order valence-corrected chi connectivity index (χ0v) is 13.8. The molecule has 2 N–H and O–H groups in total. The summed E-state index contributed by atoms with van der Waals surface area (Å²) in [6, 6.07) is 4.57. The summed E-state index contributed by atoms with van der Waals surface area (Å²) in [4.78, 5) is 12.1. The third kappa shape index (κ3) is 4.00. The molecule has 1 aromatic heterocycles. The molecule has 0 radical (unpaired) electrons. The van der Waals surface area contributed by atoms with Gasteiger partial charge in [0.1, 0.15) is 0 Å². The number of rotatable bonds is 5. The molecule has 5 nitrogen and oxygen atoms in total. The van der Waals surface area contributed by atoms with E-state index in [4.69, 9.17) is 23.2 Å². The van der Waals surface area contributed by atoms with Gasteiger partial charge in [0, 0.05) is 35.4 Å². The minimum absolute atomic E-state index is 0.307. The van der Waals surface area contributed by atoms with Crippen LogP contribution in [0.2, 0.25) is 10.0 Å². The van der Waals surface area contributed by atoms with Crippen LogP contribution in [0.3, 0.4) is 0 Å². The number of nitrogens with zero attached hydrogens (tertiary/aromatic N) is 2. The topological polar surface area (TPSA) is 67.2 Å². The second-order valence-corrected chi connectivity index (χ2v) is 5.82. The molecule has 1 aromatic carbocycles. The first-order valence-electron chi connectivity index (χ1n) is 6.84. The van der Waals surface area contributed by atoms with Gasteiger partial charge in [-0.15, -0.1) is 0 Å². The summed E-state index contributed by atoms with van der Waals surface area (Å²) >= 11 is 11.8. The number of carbonyl (C=O) groups is 1. The quantitative estimate of drug-likeness (QED) is 0.878. The molecule has 0 aliphatic heterocycles. The van der Waals surface area contributed by atoms with Crippen LogP contribution >= 0.6 is 23.2 Å². The Hall–Kier alpha value is -1.56. The van der Waals surface area contributed by atoms with E-state index in [1.165, 1.54) is 12.1 Å². The lowest BCUT2D eigenvalue weighted by molar-refractivity contribution is -0.129. The Bertz CT molecular complexity index is 665. The van der Waals surface area contributed by atoms with E-state index in [0.717, 1.165) is 17.7 Å². The third-order valence-electron chi connectivity index (χ3n) is 3.23. The maximum absolute atomic E-state index is 12.1. The highest BCUT2D eigenvalue weighted by molar-refractivity contribution is 6.34. The summed E-state index contributed by atoms with van der Waals surface area (Å²) < 4.78 is 1.70. The van der Waals surface area contributed by atoms with Crippen molar-refractivity contribution in [1.29, 1.82) is 0 Å². The Labute approximate surface area is 138 Å². The molecule has 1 heterocycles. The van der Waals surface area contributed by atoms with E-state index in [1.807, 2.05) is 20.2 Å². The lowest BCUT2D eigenvalue weighted by Crippen LogP contribution is -2.29. The van der Waals surface area contributed by atoms with Crippen LogP contribution in [0, 0.1) is 0 Å². The lowest BCUT2D eigenvalue weighted by Gasteiger charge is -2.12. The van der Waals surface area contributed by atoms with E-state index in [0.29, 0.717) is 22.2 Å². The van der Waals surface area contributed by atoms with Gasteiger partial charge in [-0.2, -0.15) is 5.10 Å². The Morgan fingerprint density at radius 2 is 2.00 bits per heavy atom. The van der Waals surface area contributed by atoms with Crippen molar-refractivity contribution in [3.63, 3.8) is 0 Å². The molecule has 0 aliphatic rings. The van der Waals surface area contributed by atoms with Crippen molar-refractivity contribution in [1.82, 2.24) is 15.1 Å². The van der Waals surface area contributed by atoms with Crippen molar-refractivity contribution in [2.45, 2.75) is 26.0 Å². The van der Waals surface area contributed by atoms with E-state index in [2.05, 4.69) is 10.4 Å². The van der Waals surface area contributed by atoms with Crippen LogP contribution in [-0.4, -0.2) is 20.8 Å². The second-order valence-electron chi connectivity index (χ2n) is 4.95. The van der Waals surface area contributed by atoms with Gasteiger partial charge in [0.05, 0.1) is 5.69 Å². The van der Waals surface area contributed by atoms with E-state index in [9.17, 15) is 9.90 Å². The molecule has 22 heavy (non-hydrogen) atoms. The normalized spacial score (nSPS) is 12.2. The maximum Gasteiger partial charge on any atom is 0.253 e. The number of hydrogen-bond donors (Lipinski definition) is 2. The average Bonchev–Trinajstić information content (AvgIpc) is 2.83. The van der Waals surface area contributed by atoms with Gasteiger partial charge in [0.2, 0.25) is 0 Å². The van der Waals surface area contributed by atoms with Crippen molar-refractivity contribution in [2.75, 3.05) is 0 Å². The van der Waals surface area contributed by atoms with Crippen LogP contribution < -0.4 is 5.32 Å². The van der Waals surface area contributed by atoms with E-state index in [-0.39, 0.29) is 0 Å². The summed E-state index contributed by atoms with van der Waals surface area (Å²) in [5.74, 6) is -0.510. The third-order valence-corrected chi connectivity index (χ3v) is 3.67. The summed E-state index contributed by atoms with van der Waals surface area (Å²) in [5.41, 5.74) is 2.20. The number of amides is 1. The molecule has 0 saturated heterocycles. The zero-order valence-electron chi connectivity index (χ0n) is 12.3. The van der Waals surface area contributed by atoms with Crippen molar-refractivity contribution in [2.24, 2.45) is 7.05 Å². The minimum Gasteiger partial charge on any atom is -0.378 e. The van der Waals surface area contributed by atoms with Gasteiger partial charge in [-0.1, -0.05) is 30.1 Å². The molecule has 118 valence electrons. The lowest BCUT2D eigenvalue weighted by atomic mass is 10.1. The predicted molar refractivity (Wildman–Crippen MR) is 85.9 cm³/mol. The smallest absolute Gasteiger partial charge is 0.253 e. The van der Waals surface area contributed by atoms with Crippen LogP contribution in [0.4, 0.5) is 0 Å². The highest BCUT2D eigenvalue weighted by Gasteiger charge is 2.19. The monoisotopic (exact) mass is 341 g/mol. The summed E-state index contributed by atoms with van der Waals surface area (Å²) in [6.45, 7) is 2.30. The first-order valence-corrected chi connectivity index (χ1v) is 7.59. The molecular weight excluding hydrogens is 325 g/mol. The van der Waals surface area contributed by atoms with Gasteiger partial charge in [-0.05, 0) is 30.2 Å². The standard InChI is InChI=1S/C15H17Cl2N3O2/c1-3-13-10(8-20(2)19-13)7-18-15(22)14(21)9-4-11(16)6-12(17)5-9/h4-6,8,14,21H,3,7H2,1-2H3,(H,18,22). The first kappa shape index (κ1) is 16.8. The maximum atomic E-state index is 12.1. The molecule has 7 heteroatoms. The molecule has 0 aliphatic carbocycles. The van der Waals surface area contributed by atoms with E-state index in [1.54, 1.807) is 10.7 Å². The largest absolute Gasteiger partial charge is 0.378 e. The molecule has 0 fully saturated rings. The van der Waals surface area contributed by atoms with Gasteiger partial charge >= 0.3 is 0 Å². The Balaban J connectivity index is 2.05. The predicted octanol–water partition coefficient (Wildman–Crippen LogP) is 2.64. The first-order chi connectivity index (χ1) is 10.4. The van der Waals surface area contributed by atoms with Crippen LogP contribution in [0.25, 0.3) is 0 Å². The van der Waals surface area contributed by atoms with Crippen molar-refractivity contribution in [3.05, 3.63) is 51.3 Å². The average molecular weight is 342 g/mol. The number of nitrogens with one attached hydrogen (secondary N) is 1. The highest BCUT2D eigenvalue weighted by atomic mass is 35.5. The number of carbonyl (C=O) groups excluding carboxylic acids is 1. The van der Waals surface area contributed by atoms with Gasteiger partial charge in [0.15, 0.2) is 6.10 Å². The molecule has 0 spiro atoms. The molecule has 1 atom stereocenters. The van der Waals surface area contributed by atoms with Crippen LogP contribution in [0.1, 0.15) is 29.8 Å². The summed E-state index contributed by atoms with van der Waals surface area (Å²) in [5, 5.41) is 17.8. The number of aliphatic hydroxyl groups excluding tert-OH is 1. The summed E-state index contributed by atoms with van der Waals surface area (Å²) in [7, 11) is 1.83. The SMILES string of the molecule is CCc1nn(C)cc1CNC(=O)C(O)c1cc(Cl)cc(Cl)c1. The Morgan fingerprint density at radius 1 is 1.36 bits per heavy atom. The molecule has 0 bridgehead atoms. The van der Waals surface area contributed by atoms with Gasteiger partial charge in [0.25, 0.3) is 5.91 Å². The van der Waals surface area contributed by atoms with Crippen molar-refractivity contribution in [3.8, 4) is 0 Å². The molecule has 2 aromatic rings. The molecule has 1 amide bonds. The molecule has 0 saturated carbocycles. The number of aryl methyl sites for hydroxylation is 2.